The van der Waals surface area contributed by atoms with Gasteiger partial charge in [0.05, 0.1) is 18.0 Å². The monoisotopic (exact) mass is 385 g/mol. The van der Waals surface area contributed by atoms with Crippen molar-refractivity contribution in [3.8, 4) is 0 Å². The average molecular weight is 386 g/mol. The second-order valence-electron chi connectivity index (χ2n) is 10.9. The molecule has 1 heterocycles. The smallest absolute Gasteiger partial charge is 0.159 e. The van der Waals surface area contributed by atoms with Crippen LogP contribution in [-0.2, 0) is 11.3 Å². The summed E-state index contributed by atoms with van der Waals surface area (Å²) in [6, 6.07) is 0. The molecule has 0 saturated heterocycles. The van der Waals surface area contributed by atoms with Gasteiger partial charge in [-0.1, -0.05) is 6.92 Å². The van der Waals surface area contributed by atoms with Gasteiger partial charge in [-0.2, -0.15) is 15.0 Å². The van der Waals surface area contributed by atoms with Crippen LogP contribution in [-0.4, -0.2) is 31.5 Å². The summed E-state index contributed by atoms with van der Waals surface area (Å²) in [6.45, 7) is 4.78. The lowest BCUT2D eigenvalue weighted by Crippen LogP contribution is -2.51. The van der Waals surface area contributed by atoms with Crippen molar-refractivity contribution < 1.29 is 9.90 Å². The van der Waals surface area contributed by atoms with E-state index in [9.17, 15) is 9.90 Å². The first-order valence-corrected chi connectivity index (χ1v) is 11.5. The minimum absolute atomic E-state index is 0.165. The molecule has 1 aromatic rings. The van der Waals surface area contributed by atoms with Crippen molar-refractivity contribution in [1.29, 1.82) is 0 Å². The van der Waals surface area contributed by atoms with Crippen LogP contribution in [0, 0.1) is 40.9 Å². The number of aliphatic hydroxyl groups is 1. The van der Waals surface area contributed by atoms with E-state index >= 15 is 0 Å². The second-order valence-corrected chi connectivity index (χ2v) is 10.9. The third kappa shape index (κ3) is 2.96. The zero-order valence-corrected chi connectivity index (χ0v) is 17.4. The van der Waals surface area contributed by atoms with Gasteiger partial charge in [-0.3, -0.25) is 4.79 Å². The summed E-state index contributed by atoms with van der Waals surface area (Å²) >= 11 is 0. The van der Waals surface area contributed by atoms with Crippen molar-refractivity contribution >= 4 is 5.78 Å². The molecule has 0 aliphatic heterocycles. The number of Topliss-reactive ketones (excluding diaryl/α,β-unsaturated/α-hetero) is 1. The summed E-state index contributed by atoms with van der Waals surface area (Å²) < 4.78 is 0. The molecule has 1 N–H and O–H groups in total. The van der Waals surface area contributed by atoms with E-state index in [1.807, 2.05) is 6.92 Å². The number of carbonyl (C=O) groups excluding carboxylic acids is 1. The highest BCUT2D eigenvalue weighted by Crippen LogP contribution is 2.64. The van der Waals surface area contributed by atoms with Crippen LogP contribution in [0.4, 0.5) is 0 Å². The van der Waals surface area contributed by atoms with Gasteiger partial charge in [-0.25, -0.2) is 0 Å². The average Bonchev–Trinajstić information content (AvgIpc) is 3.27. The molecule has 8 atom stereocenters. The van der Waals surface area contributed by atoms with Crippen molar-refractivity contribution in [2.45, 2.75) is 83.8 Å². The third-order valence-corrected chi connectivity index (χ3v) is 9.39. The predicted octanol–water partition coefficient (Wildman–Crippen LogP) is 3.87. The highest BCUT2D eigenvalue weighted by atomic mass is 16.3. The Morgan fingerprint density at radius 2 is 1.75 bits per heavy atom. The van der Waals surface area contributed by atoms with Crippen LogP contribution in [0.5, 0.6) is 0 Å². The molecule has 4 aliphatic rings. The summed E-state index contributed by atoms with van der Waals surface area (Å²) in [6.07, 6.45) is 13.8. The van der Waals surface area contributed by atoms with E-state index in [0.717, 1.165) is 42.9 Å². The summed E-state index contributed by atoms with van der Waals surface area (Å²) in [4.78, 5) is 14.6. The number of carbonyl (C=O) groups is 1. The zero-order valence-electron chi connectivity index (χ0n) is 17.4. The molecule has 5 heteroatoms. The molecule has 154 valence electrons. The highest BCUT2D eigenvalue weighted by molar-refractivity contribution is 5.81. The summed E-state index contributed by atoms with van der Waals surface area (Å²) in [5.74, 6) is 4.37. The molecule has 0 unspecified atom stereocenters. The van der Waals surface area contributed by atoms with Crippen molar-refractivity contribution in [1.82, 2.24) is 15.0 Å². The maximum absolute atomic E-state index is 13.1. The normalized spacial score (nSPS) is 47.8. The van der Waals surface area contributed by atoms with Crippen LogP contribution < -0.4 is 0 Å². The molecule has 4 fully saturated rings. The first-order valence-electron chi connectivity index (χ1n) is 11.5. The van der Waals surface area contributed by atoms with E-state index in [1.165, 1.54) is 38.5 Å². The van der Waals surface area contributed by atoms with Gasteiger partial charge in [-0.15, -0.1) is 0 Å². The Labute approximate surface area is 168 Å². The number of rotatable bonds is 3. The van der Waals surface area contributed by atoms with Crippen LogP contribution in [0.25, 0.3) is 0 Å². The van der Waals surface area contributed by atoms with Crippen LogP contribution in [0.15, 0.2) is 12.4 Å². The van der Waals surface area contributed by atoms with E-state index < -0.39 is 5.60 Å². The summed E-state index contributed by atoms with van der Waals surface area (Å²) in [5, 5.41) is 18.8. The zero-order chi connectivity index (χ0) is 19.5. The molecule has 0 amide bonds. The van der Waals surface area contributed by atoms with Crippen LogP contribution in [0.1, 0.15) is 71.6 Å². The van der Waals surface area contributed by atoms with Gasteiger partial charge in [0, 0.05) is 5.92 Å². The lowest BCUT2D eigenvalue weighted by atomic mass is 9.49. The first-order chi connectivity index (χ1) is 13.4. The Morgan fingerprint density at radius 1 is 1.00 bits per heavy atom. The Balaban J connectivity index is 1.32. The fourth-order valence-corrected chi connectivity index (χ4v) is 8.19. The summed E-state index contributed by atoms with van der Waals surface area (Å²) in [5.41, 5.74) is -0.277. The molecule has 0 radical (unpaired) electrons. The standard InChI is InChI=1S/C23H35N3O2/c1-22(28)9-7-16-15(13-22)3-4-18-17(16)8-10-23(2)19(18)5-6-20(23)21(27)14-26-24-11-12-25-26/h11-12,15-20,28H,3-10,13-14H2,1-2H3/t15-,16+,17-,18-,19+,20-,22-,23+/m1/s1. The minimum Gasteiger partial charge on any atom is -0.390 e. The molecule has 0 aromatic carbocycles. The molecule has 0 spiro atoms. The summed E-state index contributed by atoms with van der Waals surface area (Å²) in [7, 11) is 0. The number of aromatic nitrogens is 3. The van der Waals surface area contributed by atoms with E-state index in [4.69, 9.17) is 0 Å². The highest BCUT2D eigenvalue weighted by Gasteiger charge is 2.58. The van der Waals surface area contributed by atoms with Crippen LogP contribution in [0.2, 0.25) is 0 Å². The van der Waals surface area contributed by atoms with Crippen molar-refractivity contribution in [3.63, 3.8) is 0 Å². The minimum atomic E-state index is -0.442. The number of ketones is 1. The van der Waals surface area contributed by atoms with E-state index in [0.29, 0.717) is 18.2 Å². The van der Waals surface area contributed by atoms with Gasteiger partial charge in [0.1, 0.15) is 6.54 Å². The van der Waals surface area contributed by atoms with E-state index in [-0.39, 0.29) is 11.3 Å². The fourth-order valence-electron chi connectivity index (χ4n) is 8.19. The lowest BCUT2D eigenvalue weighted by Gasteiger charge is -2.56. The maximum atomic E-state index is 13.1. The second kappa shape index (κ2) is 6.65. The van der Waals surface area contributed by atoms with E-state index in [1.54, 1.807) is 17.2 Å². The third-order valence-electron chi connectivity index (χ3n) is 9.39. The van der Waals surface area contributed by atoms with Crippen LogP contribution >= 0.6 is 0 Å². The topological polar surface area (TPSA) is 68.0 Å². The van der Waals surface area contributed by atoms with Gasteiger partial charge in [0.15, 0.2) is 5.78 Å². The molecule has 1 aromatic heterocycles. The molecule has 5 rings (SSSR count). The van der Waals surface area contributed by atoms with Crippen molar-refractivity contribution in [2.24, 2.45) is 40.9 Å². The maximum Gasteiger partial charge on any atom is 0.159 e. The first kappa shape index (κ1) is 18.8. The van der Waals surface area contributed by atoms with Crippen molar-refractivity contribution in [2.75, 3.05) is 0 Å². The molecule has 5 nitrogen and oxygen atoms in total. The molecular formula is C23H35N3O2. The number of fused-ring (bicyclic) bond motifs is 5. The Hall–Kier alpha value is -1.23. The van der Waals surface area contributed by atoms with Crippen LogP contribution in [0.3, 0.4) is 0 Å². The largest absolute Gasteiger partial charge is 0.390 e. The molecule has 0 bridgehead atoms. The number of hydrogen-bond acceptors (Lipinski definition) is 4. The molecule has 28 heavy (non-hydrogen) atoms. The van der Waals surface area contributed by atoms with Crippen molar-refractivity contribution in [3.05, 3.63) is 12.4 Å². The predicted molar refractivity (Wildman–Crippen MR) is 106 cm³/mol. The Bertz CT molecular complexity index is 730. The molecule has 4 aliphatic carbocycles. The van der Waals surface area contributed by atoms with Gasteiger partial charge < -0.3 is 5.11 Å². The number of nitrogens with zero attached hydrogens (tertiary/aromatic N) is 3. The number of hydrogen-bond donors (Lipinski definition) is 1. The quantitative estimate of drug-likeness (QED) is 0.858. The van der Waals surface area contributed by atoms with Gasteiger partial charge in [0.2, 0.25) is 0 Å². The molecular weight excluding hydrogens is 350 g/mol. The van der Waals surface area contributed by atoms with E-state index in [2.05, 4.69) is 17.1 Å². The Morgan fingerprint density at radius 3 is 2.54 bits per heavy atom. The lowest BCUT2D eigenvalue weighted by molar-refractivity contribution is -0.133. The van der Waals surface area contributed by atoms with Gasteiger partial charge in [0.25, 0.3) is 0 Å². The van der Waals surface area contributed by atoms with Gasteiger partial charge in [-0.05, 0) is 99.7 Å². The fraction of sp³-hybridized carbons (Fsp3) is 0.870. The SMILES string of the molecule is C[C@@]1(O)CC[C@H]2[C@H](CC[C@@H]3[C@@H]2CC[C@]2(C)[C@@H](C(=O)Cn4nccn4)CC[C@@H]32)C1. The molecule has 4 saturated carbocycles. The Kier molecular flexibility index (Phi) is 4.46. The van der Waals surface area contributed by atoms with Gasteiger partial charge >= 0.3 is 0 Å².